The lowest BCUT2D eigenvalue weighted by Crippen LogP contribution is -2.26. The third kappa shape index (κ3) is 5.98. The number of carbonyl (C=O) groups excluding carboxylic acids is 2. The van der Waals surface area contributed by atoms with Crippen molar-refractivity contribution >= 4 is 17.5 Å². The van der Waals surface area contributed by atoms with Gasteiger partial charge in [-0.15, -0.1) is 0 Å². The molecule has 1 aliphatic rings. The van der Waals surface area contributed by atoms with Crippen molar-refractivity contribution in [2.24, 2.45) is 5.92 Å². The van der Waals surface area contributed by atoms with Crippen LogP contribution in [-0.4, -0.2) is 18.6 Å². The van der Waals surface area contributed by atoms with Crippen molar-refractivity contribution in [3.05, 3.63) is 53.6 Å². The Morgan fingerprint density at radius 2 is 1.62 bits per heavy atom. The van der Waals surface area contributed by atoms with E-state index in [0.29, 0.717) is 31.1 Å². The molecule has 1 aliphatic heterocycles. The largest absolute Gasteiger partial charge is 0.454 e. The molecule has 0 aliphatic carbocycles. The second-order valence-corrected chi connectivity index (χ2v) is 7.80. The van der Waals surface area contributed by atoms with Crippen LogP contribution < -0.4 is 20.1 Å². The third-order valence-corrected chi connectivity index (χ3v) is 4.86. The molecule has 0 unspecified atom stereocenters. The Kier molecular flexibility index (Phi) is 6.75. The van der Waals surface area contributed by atoms with Gasteiger partial charge in [0.15, 0.2) is 11.5 Å². The molecule has 1 heterocycles. The lowest BCUT2D eigenvalue weighted by Gasteiger charge is -2.13. The van der Waals surface area contributed by atoms with Crippen molar-refractivity contribution in [1.29, 1.82) is 0 Å². The Morgan fingerprint density at radius 1 is 0.931 bits per heavy atom. The van der Waals surface area contributed by atoms with Gasteiger partial charge in [0.05, 0.1) is 0 Å². The van der Waals surface area contributed by atoms with Crippen LogP contribution in [-0.2, 0) is 16.1 Å². The fourth-order valence-corrected chi connectivity index (χ4v) is 3.19. The number of ether oxygens (including phenoxy) is 2. The number of hydrogen-bond donors (Lipinski definition) is 2. The number of rotatable bonds is 8. The van der Waals surface area contributed by atoms with Crippen LogP contribution in [0.4, 0.5) is 5.69 Å². The maximum atomic E-state index is 12.2. The number of benzene rings is 2. The normalized spacial score (nSPS) is 13.2. The molecule has 2 N–H and O–H groups in total. The van der Waals surface area contributed by atoms with Crippen molar-refractivity contribution in [3.8, 4) is 11.5 Å². The first-order valence-electron chi connectivity index (χ1n) is 9.95. The number of fused-ring (bicyclic) bond motifs is 1. The van der Waals surface area contributed by atoms with Gasteiger partial charge >= 0.3 is 0 Å². The van der Waals surface area contributed by atoms with Crippen molar-refractivity contribution in [2.75, 3.05) is 12.1 Å². The van der Waals surface area contributed by atoms with E-state index in [0.717, 1.165) is 17.0 Å². The molecular weight excluding hydrogens is 368 g/mol. The van der Waals surface area contributed by atoms with E-state index in [9.17, 15) is 9.59 Å². The van der Waals surface area contributed by atoms with Crippen LogP contribution in [0.5, 0.6) is 11.5 Å². The van der Waals surface area contributed by atoms with E-state index >= 15 is 0 Å². The zero-order valence-electron chi connectivity index (χ0n) is 17.2. The summed E-state index contributed by atoms with van der Waals surface area (Å²) >= 11 is 0. The molecule has 0 radical (unpaired) electrons. The van der Waals surface area contributed by atoms with Crippen LogP contribution in [0.25, 0.3) is 0 Å². The molecule has 0 fully saturated rings. The van der Waals surface area contributed by atoms with Gasteiger partial charge in [-0.2, -0.15) is 0 Å². The molecule has 6 heteroatoms. The van der Waals surface area contributed by atoms with Gasteiger partial charge in [-0.05, 0) is 47.2 Å². The summed E-state index contributed by atoms with van der Waals surface area (Å²) in [6.07, 6.45) is 0.591. The van der Waals surface area contributed by atoms with Gasteiger partial charge in [0.25, 0.3) is 0 Å². The van der Waals surface area contributed by atoms with Crippen molar-refractivity contribution in [1.82, 2.24) is 5.32 Å². The van der Waals surface area contributed by atoms with Gasteiger partial charge in [0, 0.05) is 25.1 Å². The van der Waals surface area contributed by atoms with E-state index in [2.05, 4.69) is 24.5 Å². The molecule has 0 bridgehead atoms. The number of anilines is 1. The Bertz CT molecular complexity index is 862. The van der Waals surface area contributed by atoms with Gasteiger partial charge in [-0.3, -0.25) is 9.59 Å². The number of amides is 2. The monoisotopic (exact) mass is 396 g/mol. The highest BCUT2D eigenvalue weighted by Crippen LogP contribution is 2.32. The molecule has 0 aromatic heterocycles. The van der Waals surface area contributed by atoms with E-state index in [-0.39, 0.29) is 24.5 Å². The highest BCUT2D eigenvalue weighted by atomic mass is 16.7. The maximum absolute atomic E-state index is 12.2. The van der Waals surface area contributed by atoms with Crippen LogP contribution in [0.2, 0.25) is 0 Å². The molecule has 0 saturated heterocycles. The first kappa shape index (κ1) is 20.7. The first-order valence-corrected chi connectivity index (χ1v) is 9.95. The van der Waals surface area contributed by atoms with Gasteiger partial charge < -0.3 is 20.1 Å². The van der Waals surface area contributed by atoms with Gasteiger partial charge in [-0.25, -0.2) is 0 Å². The number of hydrogen-bond acceptors (Lipinski definition) is 4. The summed E-state index contributed by atoms with van der Waals surface area (Å²) in [6.45, 7) is 6.81. The van der Waals surface area contributed by atoms with Crippen LogP contribution in [0.1, 0.15) is 50.7 Å². The average molecular weight is 396 g/mol. The minimum Gasteiger partial charge on any atom is -0.454 e. The summed E-state index contributed by atoms with van der Waals surface area (Å²) in [5, 5.41) is 5.79. The molecule has 6 nitrogen and oxygen atoms in total. The van der Waals surface area contributed by atoms with E-state index in [4.69, 9.17) is 9.47 Å². The molecule has 2 amide bonds. The lowest BCUT2D eigenvalue weighted by molar-refractivity contribution is -0.122. The van der Waals surface area contributed by atoms with Crippen LogP contribution in [0, 0.1) is 5.92 Å². The minimum absolute atomic E-state index is 0.0540. The fraction of sp³-hybridized carbons (Fsp3) is 0.391. The molecule has 2 aromatic rings. The highest BCUT2D eigenvalue weighted by molar-refractivity contribution is 5.91. The molecule has 0 saturated carbocycles. The summed E-state index contributed by atoms with van der Waals surface area (Å²) in [5.41, 5.74) is 2.95. The maximum Gasteiger partial charge on any atom is 0.231 e. The van der Waals surface area contributed by atoms with E-state index in [1.165, 1.54) is 5.56 Å². The predicted octanol–water partition coefficient (Wildman–Crippen LogP) is 4.21. The summed E-state index contributed by atoms with van der Waals surface area (Å²) < 4.78 is 10.6. The van der Waals surface area contributed by atoms with Crippen molar-refractivity contribution < 1.29 is 19.1 Å². The SMILES string of the molecule is CC(C)c1ccc(NC(=O)C[C@H](C)CC(=O)NCc2ccc3c(c2)OCO3)cc1. The van der Waals surface area contributed by atoms with Gasteiger partial charge in [0.2, 0.25) is 18.6 Å². The minimum atomic E-state index is -0.0848. The van der Waals surface area contributed by atoms with Crippen molar-refractivity contribution in [2.45, 2.75) is 46.1 Å². The van der Waals surface area contributed by atoms with E-state index in [1.807, 2.05) is 49.4 Å². The topological polar surface area (TPSA) is 76.7 Å². The zero-order chi connectivity index (χ0) is 20.8. The van der Waals surface area contributed by atoms with Crippen LogP contribution in [0.3, 0.4) is 0 Å². The second kappa shape index (κ2) is 9.45. The predicted molar refractivity (Wildman–Crippen MR) is 112 cm³/mol. The smallest absolute Gasteiger partial charge is 0.231 e. The summed E-state index contributed by atoms with van der Waals surface area (Å²) in [4.78, 5) is 24.4. The summed E-state index contributed by atoms with van der Waals surface area (Å²) in [7, 11) is 0. The number of nitrogens with one attached hydrogen (secondary N) is 2. The quantitative estimate of drug-likeness (QED) is 0.701. The van der Waals surface area contributed by atoms with Gasteiger partial charge in [-0.1, -0.05) is 39.0 Å². The summed E-state index contributed by atoms with van der Waals surface area (Å²) in [5.74, 6) is 1.65. The number of carbonyl (C=O) groups is 2. The Hall–Kier alpha value is -3.02. The Morgan fingerprint density at radius 3 is 2.34 bits per heavy atom. The molecule has 3 rings (SSSR count). The standard InChI is InChI=1S/C23H28N2O4/c1-15(2)18-5-7-19(8-6-18)25-23(27)11-16(3)10-22(26)24-13-17-4-9-20-21(12-17)29-14-28-20/h4-9,12,15-16H,10-11,13-14H2,1-3H3,(H,24,26)(H,25,27)/t16-/m1/s1. The Labute approximate surface area is 171 Å². The summed E-state index contributed by atoms with van der Waals surface area (Å²) in [6, 6.07) is 13.5. The molecule has 2 aromatic carbocycles. The Balaban J connectivity index is 1.40. The third-order valence-electron chi connectivity index (χ3n) is 4.86. The average Bonchev–Trinajstić information content (AvgIpc) is 3.14. The molecule has 1 atom stereocenters. The lowest BCUT2D eigenvalue weighted by atomic mass is 10.0. The first-order chi connectivity index (χ1) is 13.9. The van der Waals surface area contributed by atoms with Crippen molar-refractivity contribution in [3.63, 3.8) is 0 Å². The molecular formula is C23H28N2O4. The van der Waals surface area contributed by atoms with Crippen LogP contribution >= 0.6 is 0 Å². The van der Waals surface area contributed by atoms with Crippen LogP contribution in [0.15, 0.2) is 42.5 Å². The molecule has 29 heavy (non-hydrogen) atoms. The molecule has 154 valence electrons. The van der Waals surface area contributed by atoms with E-state index < -0.39 is 0 Å². The van der Waals surface area contributed by atoms with E-state index in [1.54, 1.807) is 0 Å². The molecule has 0 spiro atoms. The fourth-order valence-electron chi connectivity index (χ4n) is 3.19. The highest BCUT2D eigenvalue weighted by Gasteiger charge is 2.15. The zero-order valence-corrected chi connectivity index (χ0v) is 17.2. The van der Waals surface area contributed by atoms with Gasteiger partial charge in [0.1, 0.15) is 0 Å². The second-order valence-electron chi connectivity index (χ2n) is 7.80.